The van der Waals surface area contributed by atoms with Crippen LogP contribution in [-0.4, -0.2) is 29.9 Å². The summed E-state index contributed by atoms with van der Waals surface area (Å²) in [6, 6.07) is 0. The summed E-state index contributed by atoms with van der Waals surface area (Å²) in [5, 5.41) is 1.15. The number of alkyl halides is 1. The standard InChI is InChI=1S/C11H22BrN/c1-11(2)5-3-8-13(10-6-11)9-4-7-12/h3-10H2,1-2H3. The first-order valence-electron chi connectivity index (χ1n) is 5.42. The molecule has 0 saturated carbocycles. The van der Waals surface area contributed by atoms with Gasteiger partial charge in [0, 0.05) is 5.33 Å². The fourth-order valence-electron chi connectivity index (χ4n) is 1.99. The van der Waals surface area contributed by atoms with Gasteiger partial charge < -0.3 is 4.90 Å². The number of likely N-dealkylation sites (tertiary alicyclic amines) is 1. The van der Waals surface area contributed by atoms with Gasteiger partial charge in [0.05, 0.1) is 0 Å². The van der Waals surface area contributed by atoms with E-state index in [-0.39, 0.29) is 0 Å². The van der Waals surface area contributed by atoms with Crippen LogP contribution in [0.5, 0.6) is 0 Å². The molecule has 0 aromatic rings. The fraction of sp³-hybridized carbons (Fsp3) is 1.00. The highest BCUT2D eigenvalue weighted by atomic mass is 79.9. The lowest BCUT2D eigenvalue weighted by atomic mass is 9.85. The molecule has 13 heavy (non-hydrogen) atoms. The molecule has 0 aromatic heterocycles. The van der Waals surface area contributed by atoms with Gasteiger partial charge in [-0.2, -0.15) is 0 Å². The molecule has 1 saturated heterocycles. The predicted octanol–water partition coefficient (Wildman–Crippen LogP) is 3.28. The van der Waals surface area contributed by atoms with Crippen LogP contribution in [0.15, 0.2) is 0 Å². The zero-order chi connectivity index (χ0) is 9.73. The van der Waals surface area contributed by atoms with E-state index in [0.29, 0.717) is 5.41 Å². The van der Waals surface area contributed by atoms with E-state index < -0.39 is 0 Å². The van der Waals surface area contributed by atoms with Gasteiger partial charge in [-0.15, -0.1) is 0 Å². The van der Waals surface area contributed by atoms with Gasteiger partial charge in [-0.05, 0) is 50.7 Å². The number of hydrogen-bond acceptors (Lipinski definition) is 1. The van der Waals surface area contributed by atoms with Crippen molar-refractivity contribution in [2.45, 2.75) is 39.5 Å². The lowest BCUT2D eigenvalue weighted by molar-refractivity contribution is 0.263. The molecule has 78 valence electrons. The van der Waals surface area contributed by atoms with Crippen molar-refractivity contribution >= 4 is 15.9 Å². The molecule has 0 N–H and O–H groups in total. The fourth-order valence-corrected chi connectivity index (χ4v) is 2.24. The van der Waals surface area contributed by atoms with Gasteiger partial charge in [-0.25, -0.2) is 0 Å². The molecule has 0 bridgehead atoms. The van der Waals surface area contributed by atoms with Crippen LogP contribution in [0.4, 0.5) is 0 Å². The Labute approximate surface area is 91.0 Å². The van der Waals surface area contributed by atoms with E-state index >= 15 is 0 Å². The largest absolute Gasteiger partial charge is 0.303 e. The molecule has 1 fully saturated rings. The second kappa shape index (κ2) is 5.35. The molecule has 0 atom stereocenters. The van der Waals surface area contributed by atoms with Gasteiger partial charge >= 0.3 is 0 Å². The van der Waals surface area contributed by atoms with Crippen LogP contribution in [0.3, 0.4) is 0 Å². The molecule has 1 aliphatic heterocycles. The molecule has 0 radical (unpaired) electrons. The van der Waals surface area contributed by atoms with Gasteiger partial charge in [0.25, 0.3) is 0 Å². The summed E-state index contributed by atoms with van der Waals surface area (Å²) in [4.78, 5) is 2.62. The van der Waals surface area contributed by atoms with Crippen LogP contribution in [0.2, 0.25) is 0 Å². The Bertz CT molecular complexity index is 145. The summed E-state index contributed by atoms with van der Waals surface area (Å²) in [6.45, 7) is 8.71. The zero-order valence-electron chi connectivity index (χ0n) is 8.98. The second-order valence-electron chi connectivity index (χ2n) is 4.90. The maximum absolute atomic E-state index is 3.49. The van der Waals surface area contributed by atoms with Crippen LogP contribution in [0.25, 0.3) is 0 Å². The maximum Gasteiger partial charge on any atom is 0.00434 e. The highest BCUT2D eigenvalue weighted by molar-refractivity contribution is 9.09. The van der Waals surface area contributed by atoms with Gasteiger partial charge in [0.1, 0.15) is 0 Å². The molecule has 0 amide bonds. The molecule has 2 heteroatoms. The molecule has 0 aliphatic carbocycles. The second-order valence-corrected chi connectivity index (χ2v) is 5.69. The number of nitrogens with zero attached hydrogens (tertiary/aromatic N) is 1. The van der Waals surface area contributed by atoms with E-state index in [4.69, 9.17) is 0 Å². The first-order valence-corrected chi connectivity index (χ1v) is 6.54. The number of halogens is 1. The topological polar surface area (TPSA) is 3.24 Å². The highest BCUT2D eigenvalue weighted by Crippen LogP contribution is 2.29. The van der Waals surface area contributed by atoms with E-state index in [9.17, 15) is 0 Å². The smallest absolute Gasteiger partial charge is 0.00434 e. The molecule has 0 unspecified atom stereocenters. The Hall–Kier alpha value is 0.440. The minimum absolute atomic E-state index is 0.586. The normalized spacial score (nSPS) is 24.2. The summed E-state index contributed by atoms with van der Waals surface area (Å²) in [6.07, 6.45) is 5.45. The molecular formula is C11H22BrN. The third kappa shape index (κ3) is 4.46. The Morgan fingerprint density at radius 3 is 2.69 bits per heavy atom. The third-order valence-corrected chi connectivity index (χ3v) is 3.60. The SMILES string of the molecule is CC1(C)CCCN(CCCBr)CC1. The van der Waals surface area contributed by atoms with E-state index in [1.165, 1.54) is 45.3 Å². The van der Waals surface area contributed by atoms with Gasteiger partial charge in [-0.1, -0.05) is 29.8 Å². The van der Waals surface area contributed by atoms with E-state index in [1.54, 1.807) is 0 Å². The van der Waals surface area contributed by atoms with Crippen molar-refractivity contribution in [3.05, 3.63) is 0 Å². The van der Waals surface area contributed by atoms with Crippen molar-refractivity contribution in [2.75, 3.05) is 25.0 Å². The van der Waals surface area contributed by atoms with Crippen molar-refractivity contribution in [3.8, 4) is 0 Å². The van der Waals surface area contributed by atoms with E-state index in [0.717, 1.165) is 5.33 Å². The molecule has 1 aliphatic rings. The van der Waals surface area contributed by atoms with Crippen molar-refractivity contribution in [3.63, 3.8) is 0 Å². The average Bonchev–Trinajstić information content (AvgIpc) is 2.23. The minimum Gasteiger partial charge on any atom is -0.303 e. The maximum atomic E-state index is 3.49. The van der Waals surface area contributed by atoms with E-state index in [2.05, 4.69) is 34.7 Å². The average molecular weight is 248 g/mol. The first-order chi connectivity index (χ1) is 6.14. The quantitative estimate of drug-likeness (QED) is 0.693. The predicted molar refractivity (Wildman–Crippen MR) is 62.5 cm³/mol. The van der Waals surface area contributed by atoms with Gasteiger partial charge in [0.2, 0.25) is 0 Å². The lowest BCUT2D eigenvalue weighted by Gasteiger charge is -2.23. The number of hydrogen-bond donors (Lipinski definition) is 0. The van der Waals surface area contributed by atoms with Crippen molar-refractivity contribution in [1.82, 2.24) is 4.90 Å². The summed E-state index contributed by atoms with van der Waals surface area (Å²) in [5.74, 6) is 0. The molecule has 1 heterocycles. The summed E-state index contributed by atoms with van der Waals surface area (Å²) in [7, 11) is 0. The van der Waals surface area contributed by atoms with Crippen molar-refractivity contribution in [1.29, 1.82) is 0 Å². The zero-order valence-corrected chi connectivity index (χ0v) is 10.6. The Morgan fingerprint density at radius 1 is 1.23 bits per heavy atom. The first kappa shape index (κ1) is 11.5. The Balaban J connectivity index is 2.28. The van der Waals surface area contributed by atoms with Crippen molar-refractivity contribution in [2.24, 2.45) is 5.41 Å². The summed E-state index contributed by atoms with van der Waals surface area (Å²) < 4.78 is 0. The molecule has 0 spiro atoms. The summed E-state index contributed by atoms with van der Waals surface area (Å²) in [5.41, 5.74) is 0.586. The molecular weight excluding hydrogens is 226 g/mol. The number of rotatable bonds is 3. The Kier molecular flexibility index (Phi) is 4.74. The molecule has 1 nitrogen and oxygen atoms in total. The monoisotopic (exact) mass is 247 g/mol. The van der Waals surface area contributed by atoms with Gasteiger partial charge in [0.15, 0.2) is 0 Å². The lowest BCUT2D eigenvalue weighted by Crippen LogP contribution is -2.26. The molecule has 1 rings (SSSR count). The van der Waals surface area contributed by atoms with E-state index in [1.807, 2.05) is 0 Å². The van der Waals surface area contributed by atoms with Crippen LogP contribution in [0.1, 0.15) is 39.5 Å². The highest BCUT2D eigenvalue weighted by Gasteiger charge is 2.22. The van der Waals surface area contributed by atoms with Crippen LogP contribution >= 0.6 is 15.9 Å². The minimum atomic E-state index is 0.586. The third-order valence-electron chi connectivity index (χ3n) is 3.04. The van der Waals surface area contributed by atoms with Crippen LogP contribution in [0, 0.1) is 5.41 Å². The summed E-state index contributed by atoms with van der Waals surface area (Å²) >= 11 is 3.49. The van der Waals surface area contributed by atoms with Crippen LogP contribution < -0.4 is 0 Å². The molecule has 0 aromatic carbocycles. The van der Waals surface area contributed by atoms with Crippen molar-refractivity contribution < 1.29 is 0 Å². The van der Waals surface area contributed by atoms with Gasteiger partial charge in [-0.3, -0.25) is 0 Å². The Morgan fingerprint density at radius 2 is 2.00 bits per heavy atom. The van der Waals surface area contributed by atoms with Crippen LogP contribution in [-0.2, 0) is 0 Å².